The van der Waals surface area contributed by atoms with Gasteiger partial charge in [0, 0.05) is 19.1 Å². The molecule has 1 aliphatic rings. The summed E-state index contributed by atoms with van der Waals surface area (Å²) in [6, 6.07) is 1.49. The van der Waals surface area contributed by atoms with E-state index in [1.165, 1.54) is 10.5 Å². The van der Waals surface area contributed by atoms with Crippen molar-refractivity contribution in [3.05, 3.63) is 18.0 Å². The third-order valence-electron chi connectivity index (χ3n) is 3.54. The quantitative estimate of drug-likeness (QED) is 0.897. The zero-order valence-electron chi connectivity index (χ0n) is 11.5. The number of aromatic nitrogens is 2. The van der Waals surface area contributed by atoms with Crippen LogP contribution < -0.4 is 5.73 Å². The van der Waals surface area contributed by atoms with Gasteiger partial charge in [-0.25, -0.2) is 13.4 Å². The first-order valence-corrected chi connectivity index (χ1v) is 7.96. The molecule has 0 saturated carbocycles. The van der Waals surface area contributed by atoms with Gasteiger partial charge in [-0.1, -0.05) is 12.1 Å². The van der Waals surface area contributed by atoms with Crippen molar-refractivity contribution in [1.29, 1.82) is 0 Å². The molecule has 0 radical (unpaired) electrons. The van der Waals surface area contributed by atoms with Crippen LogP contribution in [0.15, 0.2) is 21.7 Å². The number of nitrogens with two attached hydrogens (primary N) is 1. The number of sulfonamides is 1. The predicted molar refractivity (Wildman–Crippen MR) is 79.8 cm³/mol. The van der Waals surface area contributed by atoms with Crippen molar-refractivity contribution in [2.24, 2.45) is 5.73 Å². The molecule has 116 valence electrons. The van der Waals surface area contributed by atoms with Crippen LogP contribution in [0, 0.1) is 0 Å². The van der Waals surface area contributed by atoms with Gasteiger partial charge in [0.1, 0.15) is 4.90 Å². The van der Waals surface area contributed by atoms with Crippen molar-refractivity contribution < 1.29 is 12.9 Å². The van der Waals surface area contributed by atoms with E-state index in [9.17, 15) is 8.42 Å². The van der Waals surface area contributed by atoms with E-state index in [1.807, 2.05) is 6.92 Å². The van der Waals surface area contributed by atoms with Crippen LogP contribution in [0.5, 0.6) is 0 Å². The topological polar surface area (TPSA) is 102 Å². The smallest absolute Gasteiger partial charge is 0.258 e. The molecule has 3 heterocycles. The van der Waals surface area contributed by atoms with Crippen molar-refractivity contribution >= 4 is 33.5 Å². The van der Waals surface area contributed by atoms with E-state index >= 15 is 0 Å². The number of rotatable bonds is 3. The molecule has 0 aliphatic carbocycles. The SMILES string of the molecule is CCc1noc2ncc(S(=O)(=O)N3CCC(N)C3)cc12.Cl. The lowest BCUT2D eigenvalue weighted by molar-refractivity contribution is 0.439. The zero-order chi connectivity index (χ0) is 14.3. The van der Waals surface area contributed by atoms with E-state index in [0.29, 0.717) is 42.7 Å². The van der Waals surface area contributed by atoms with Crippen LogP contribution in [0.3, 0.4) is 0 Å². The first kappa shape index (κ1) is 16.2. The zero-order valence-corrected chi connectivity index (χ0v) is 13.2. The molecule has 9 heteroatoms. The molecular formula is C12H17ClN4O3S. The highest BCUT2D eigenvalue weighted by Crippen LogP contribution is 2.24. The van der Waals surface area contributed by atoms with E-state index in [-0.39, 0.29) is 23.3 Å². The lowest BCUT2D eigenvalue weighted by Crippen LogP contribution is -2.32. The Morgan fingerprint density at radius 2 is 2.29 bits per heavy atom. The van der Waals surface area contributed by atoms with Crippen molar-refractivity contribution in [1.82, 2.24) is 14.4 Å². The van der Waals surface area contributed by atoms with Gasteiger partial charge >= 0.3 is 0 Å². The normalized spacial score (nSPS) is 19.8. The maximum absolute atomic E-state index is 12.5. The number of nitrogens with zero attached hydrogens (tertiary/aromatic N) is 3. The Bertz CT molecular complexity index is 746. The number of halogens is 1. The first-order chi connectivity index (χ1) is 9.52. The standard InChI is InChI=1S/C12H16N4O3S.ClH/c1-2-11-10-5-9(6-14-12(10)19-15-11)20(17,18)16-4-3-8(13)7-16;/h5-6,8H,2-4,7,13H2,1H3;1H. The third kappa shape index (κ3) is 2.76. The second-order valence-electron chi connectivity index (χ2n) is 4.92. The van der Waals surface area contributed by atoms with Gasteiger partial charge in [-0.15, -0.1) is 12.4 Å². The van der Waals surface area contributed by atoms with Crippen LogP contribution in [0.25, 0.3) is 11.1 Å². The minimum absolute atomic E-state index is 0. The molecule has 2 N–H and O–H groups in total. The maximum atomic E-state index is 12.5. The number of hydrogen-bond donors (Lipinski definition) is 1. The van der Waals surface area contributed by atoms with E-state index in [0.717, 1.165) is 0 Å². The minimum atomic E-state index is -3.54. The van der Waals surface area contributed by atoms with Crippen molar-refractivity contribution in [2.45, 2.75) is 30.7 Å². The molecule has 21 heavy (non-hydrogen) atoms. The van der Waals surface area contributed by atoms with Gasteiger partial charge in [0.25, 0.3) is 5.71 Å². The van der Waals surface area contributed by atoms with Crippen LogP contribution >= 0.6 is 12.4 Å². The van der Waals surface area contributed by atoms with Gasteiger partial charge in [0.05, 0.1) is 17.3 Å². The largest absolute Gasteiger partial charge is 0.336 e. The number of hydrogen-bond acceptors (Lipinski definition) is 6. The fourth-order valence-electron chi connectivity index (χ4n) is 2.38. The van der Waals surface area contributed by atoms with Gasteiger partial charge in [-0.3, -0.25) is 0 Å². The molecule has 7 nitrogen and oxygen atoms in total. The monoisotopic (exact) mass is 332 g/mol. The summed E-state index contributed by atoms with van der Waals surface area (Å²) in [4.78, 5) is 4.20. The number of pyridine rings is 1. The number of aryl methyl sites for hydroxylation is 1. The van der Waals surface area contributed by atoms with Crippen LogP contribution in [0.4, 0.5) is 0 Å². The van der Waals surface area contributed by atoms with Gasteiger partial charge in [-0.2, -0.15) is 4.31 Å². The lowest BCUT2D eigenvalue weighted by atomic mass is 10.2. The second-order valence-corrected chi connectivity index (χ2v) is 6.86. The molecule has 0 aromatic carbocycles. The van der Waals surface area contributed by atoms with E-state index < -0.39 is 10.0 Å². The van der Waals surface area contributed by atoms with Crippen molar-refractivity contribution in [3.63, 3.8) is 0 Å². The molecule has 1 saturated heterocycles. The van der Waals surface area contributed by atoms with Crippen LogP contribution in [0.2, 0.25) is 0 Å². The summed E-state index contributed by atoms with van der Waals surface area (Å²) in [5.41, 5.74) is 6.84. The Morgan fingerprint density at radius 1 is 1.52 bits per heavy atom. The Morgan fingerprint density at radius 3 is 2.90 bits per heavy atom. The Kier molecular flexibility index (Phi) is 4.52. The number of fused-ring (bicyclic) bond motifs is 1. The molecule has 1 aliphatic heterocycles. The van der Waals surface area contributed by atoms with Crippen LogP contribution in [-0.2, 0) is 16.4 Å². The summed E-state index contributed by atoms with van der Waals surface area (Å²) in [7, 11) is -3.54. The molecule has 0 spiro atoms. The molecule has 0 amide bonds. The minimum Gasteiger partial charge on any atom is -0.336 e. The van der Waals surface area contributed by atoms with Crippen LogP contribution in [0.1, 0.15) is 19.0 Å². The second kappa shape index (κ2) is 5.88. The lowest BCUT2D eigenvalue weighted by Gasteiger charge is -2.15. The maximum Gasteiger partial charge on any atom is 0.258 e. The van der Waals surface area contributed by atoms with Crippen molar-refractivity contribution in [3.8, 4) is 0 Å². The van der Waals surface area contributed by atoms with Crippen LogP contribution in [-0.4, -0.2) is 42.0 Å². The van der Waals surface area contributed by atoms with Gasteiger partial charge in [0.15, 0.2) is 0 Å². The van der Waals surface area contributed by atoms with Gasteiger partial charge < -0.3 is 10.3 Å². The van der Waals surface area contributed by atoms with E-state index in [4.69, 9.17) is 10.3 Å². The van der Waals surface area contributed by atoms with Gasteiger partial charge in [-0.05, 0) is 18.9 Å². The highest BCUT2D eigenvalue weighted by atomic mass is 35.5. The van der Waals surface area contributed by atoms with Gasteiger partial charge in [0.2, 0.25) is 10.0 Å². The summed E-state index contributed by atoms with van der Waals surface area (Å²) in [6.07, 6.45) is 2.65. The average Bonchev–Trinajstić information content (AvgIpc) is 3.04. The molecule has 1 atom stereocenters. The summed E-state index contributed by atoms with van der Waals surface area (Å²) in [5, 5.41) is 4.53. The third-order valence-corrected chi connectivity index (χ3v) is 5.37. The fourth-order valence-corrected chi connectivity index (χ4v) is 3.86. The highest BCUT2D eigenvalue weighted by molar-refractivity contribution is 7.89. The molecule has 2 aromatic rings. The first-order valence-electron chi connectivity index (χ1n) is 6.52. The molecule has 3 rings (SSSR count). The Hall–Kier alpha value is -1.22. The van der Waals surface area contributed by atoms with E-state index in [2.05, 4.69) is 10.1 Å². The highest BCUT2D eigenvalue weighted by Gasteiger charge is 2.31. The van der Waals surface area contributed by atoms with E-state index in [1.54, 1.807) is 6.07 Å². The molecular weight excluding hydrogens is 316 g/mol. The molecule has 1 fully saturated rings. The fraction of sp³-hybridized carbons (Fsp3) is 0.500. The average molecular weight is 333 g/mol. The summed E-state index contributed by atoms with van der Waals surface area (Å²) in [5.74, 6) is 0. The molecule has 2 aromatic heterocycles. The molecule has 1 unspecified atom stereocenters. The summed E-state index contributed by atoms with van der Waals surface area (Å²) < 4.78 is 31.5. The Labute approximate surface area is 128 Å². The molecule has 0 bridgehead atoms. The summed E-state index contributed by atoms with van der Waals surface area (Å²) in [6.45, 7) is 2.73. The summed E-state index contributed by atoms with van der Waals surface area (Å²) >= 11 is 0. The predicted octanol–water partition coefficient (Wildman–Crippen LogP) is 0.929. The van der Waals surface area contributed by atoms with Crippen molar-refractivity contribution in [2.75, 3.05) is 13.1 Å². The Balaban J connectivity index is 0.00000161.